The van der Waals surface area contributed by atoms with Crippen LogP contribution in [0.3, 0.4) is 0 Å². The quantitative estimate of drug-likeness (QED) is 0.860. The number of aromatic nitrogens is 2. The summed E-state index contributed by atoms with van der Waals surface area (Å²) in [5.41, 5.74) is -0.495. The van der Waals surface area contributed by atoms with E-state index in [4.69, 9.17) is 9.47 Å². The third kappa shape index (κ3) is 5.23. The van der Waals surface area contributed by atoms with E-state index in [-0.39, 0.29) is 12.1 Å². The second-order valence-electron chi connectivity index (χ2n) is 6.49. The van der Waals surface area contributed by atoms with Crippen molar-refractivity contribution in [3.63, 3.8) is 0 Å². The lowest BCUT2D eigenvalue weighted by atomic mass is 10.1. The summed E-state index contributed by atoms with van der Waals surface area (Å²) < 4.78 is 11.2. The van der Waals surface area contributed by atoms with Crippen molar-refractivity contribution in [2.75, 3.05) is 25.1 Å². The van der Waals surface area contributed by atoms with Gasteiger partial charge in [-0.25, -0.2) is 4.79 Å². The minimum atomic E-state index is -0.495. The fourth-order valence-corrected chi connectivity index (χ4v) is 2.86. The Kier molecular flexibility index (Phi) is 5.67. The molecule has 1 atom stereocenters. The first kappa shape index (κ1) is 17.8. The highest BCUT2D eigenvalue weighted by Gasteiger charge is 2.25. The lowest BCUT2D eigenvalue weighted by Gasteiger charge is -2.34. The van der Waals surface area contributed by atoms with Gasteiger partial charge in [0, 0.05) is 25.2 Å². The molecule has 23 heavy (non-hydrogen) atoms. The Labute approximate surface area is 144 Å². The number of alkyl carbamates (subject to hydrolysis) is 1. The number of carbonyl (C=O) groups is 1. The normalized spacial score (nSPS) is 18.5. The Balaban J connectivity index is 1.98. The Morgan fingerprint density at radius 2 is 2.17 bits per heavy atom. The van der Waals surface area contributed by atoms with Crippen molar-refractivity contribution in [3.05, 3.63) is 10.5 Å². The first-order valence-electron chi connectivity index (χ1n) is 7.60. The van der Waals surface area contributed by atoms with E-state index >= 15 is 0 Å². The minimum absolute atomic E-state index is 0.0290. The van der Waals surface area contributed by atoms with Gasteiger partial charge < -0.3 is 19.7 Å². The van der Waals surface area contributed by atoms with Crippen LogP contribution >= 0.6 is 15.9 Å². The van der Waals surface area contributed by atoms with E-state index in [0.29, 0.717) is 12.4 Å². The van der Waals surface area contributed by atoms with Gasteiger partial charge in [0.1, 0.15) is 5.60 Å². The number of nitrogens with one attached hydrogen (secondary N) is 1. The zero-order valence-corrected chi connectivity index (χ0v) is 15.5. The van der Waals surface area contributed by atoms with Gasteiger partial charge in [0.25, 0.3) is 0 Å². The summed E-state index contributed by atoms with van der Waals surface area (Å²) in [6.45, 7) is 7.10. The van der Waals surface area contributed by atoms with Gasteiger partial charge in [0.15, 0.2) is 5.82 Å². The maximum atomic E-state index is 11.9. The Hall–Kier alpha value is -1.57. The summed E-state index contributed by atoms with van der Waals surface area (Å²) in [5.74, 6) is 1.21. The molecule has 1 aromatic rings. The molecule has 0 bridgehead atoms. The maximum absolute atomic E-state index is 11.9. The van der Waals surface area contributed by atoms with Crippen molar-refractivity contribution in [1.82, 2.24) is 15.5 Å². The third-order valence-electron chi connectivity index (χ3n) is 3.36. The third-order valence-corrected chi connectivity index (χ3v) is 3.93. The van der Waals surface area contributed by atoms with Gasteiger partial charge in [-0.2, -0.15) is 0 Å². The number of amides is 1. The van der Waals surface area contributed by atoms with Gasteiger partial charge in [-0.05, 0) is 49.5 Å². The molecular formula is C15H23BrN4O3. The number of carbonyl (C=O) groups excluding carboxylic acids is 1. The van der Waals surface area contributed by atoms with Crippen LogP contribution in [0.2, 0.25) is 0 Å². The van der Waals surface area contributed by atoms with Crippen LogP contribution in [0, 0.1) is 0 Å². The Morgan fingerprint density at radius 1 is 1.43 bits per heavy atom. The molecule has 1 N–H and O–H groups in total. The first-order chi connectivity index (χ1) is 10.8. The second-order valence-corrected chi connectivity index (χ2v) is 7.35. The van der Waals surface area contributed by atoms with Crippen molar-refractivity contribution in [3.8, 4) is 5.88 Å². The molecule has 128 valence electrons. The standard InChI is InChI=1S/C15H23BrN4O3/c1-15(2,3)23-14(21)17-10-6-5-7-20(9-10)12-8-11(16)13(22-4)19-18-12/h8,10H,5-7,9H2,1-4H3,(H,17,21). The molecule has 1 saturated heterocycles. The summed E-state index contributed by atoms with van der Waals surface area (Å²) in [6.07, 6.45) is 1.50. The second kappa shape index (κ2) is 7.33. The van der Waals surface area contributed by atoms with E-state index in [1.54, 1.807) is 7.11 Å². The monoisotopic (exact) mass is 386 g/mol. The molecule has 1 amide bonds. The fourth-order valence-electron chi connectivity index (χ4n) is 2.42. The van der Waals surface area contributed by atoms with Crippen LogP contribution in [-0.2, 0) is 4.74 Å². The summed E-state index contributed by atoms with van der Waals surface area (Å²) >= 11 is 3.42. The van der Waals surface area contributed by atoms with Crippen molar-refractivity contribution < 1.29 is 14.3 Å². The molecule has 8 heteroatoms. The van der Waals surface area contributed by atoms with E-state index < -0.39 is 5.60 Å². The number of ether oxygens (including phenoxy) is 2. The van der Waals surface area contributed by atoms with Crippen molar-refractivity contribution >= 4 is 27.8 Å². The van der Waals surface area contributed by atoms with Gasteiger partial charge in [0.2, 0.25) is 5.88 Å². The molecule has 1 aromatic heterocycles. The van der Waals surface area contributed by atoms with E-state index in [1.165, 1.54) is 0 Å². The molecule has 0 radical (unpaired) electrons. The summed E-state index contributed by atoms with van der Waals surface area (Å²) in [7, 11) is 1.55. The summed E-state index contributed by atoms with van der Waals surface area (Å²) in [4.78, 5) is 14.0. The molecule has 0 aliphatic carbocycles. The van der Waals surface area contributed by atoms with Crippen LogP contribution in [0.4, 0.5) is 10.6 Å². The van der Waals surface area contributed by atoms with Gasteiger partial charge in [0.05, 0.1) is 11.6 Å². The number of nitrogens with zero attached hydrogens (tertiary/aromatic N) is 3. The molecule has 1 fully saturated rings. The smallest absolute Gasteiger partial charge is 0.407 e. The van der Waals surface area contributed by atoms with Crippen LogP contribution in [0.1, 0.15) is 33.6 Å². The molecule has 7 nitrogen and oxygen atoms in total. The maximum Gasteiger partial charge on any atom is 0.407 e. The molecule has 0 aromatic carbocycles. The molecule has 1 aliphatic heterocycles. The highest BCUT2D eigenvalue weighted by atomic mass is 79.9. The fraction of sp³-hybridized carbons (Fsp3) is 0.667. The molecular weight excluding hydrogens is 364 g/mol. The van der Waals surface area contributed by atoms with E-state index in [9.17, 15) is 4.79 Å². The topological polar surface area (TPSA) is 76.6 Å². The van der Waals surface area contributed by atoms with Crippen LogP contribution in [0.15, 0.2) is 10.5 Å². The Morgan fingerprint density at radius 3 is 2.78 bits per heavy atom. The molecule has 1 unspecified atom stereocenters. The zero-order valence-electron chi connectivity index (χ0n) is 13.9. The van der Waals surface area contributed by atoms with E-state index in [2.05, 4.69) is 36.3 Å². The first-order valence-corrected chi connectivity index (χ1v) is 8.39. The van der Waals surface area contributed by atoms with Gasteiger partial charge >= 0.3 is 6.09 Å². The average Bonchev–Trinajstić information content (AvgIpc) is 2.45. The predicted molar refractivity (Wildman–Crippen MR) is 90.9 cm³/mol. The van der Waals surface area contributed by atoms with Crippen LogP contribution in [0.5, 0.6) is 5.88 Å². The number of hydrogen-bond acceptors (Lipinski definition) is 6. The van der Waals surface area contributed by atoms with Crippen molar-refractivity contribution in [2.45, 2.75) is 45.3 Å². The number of anilines is 1. The summed E-state index contributed by atoms with van der Waals surface area (Å²) in [5, 5.41) is 11.1. The van der Waals surface area contributed by atoms with E-state index in [1.807, 2.05) is 26.8 Å². The van der Waals surface area contributed by atoms with Crippen molar-refractivity contribution in [1.29, 1.82) is 0 Å². The largest absolute Gasteiger partial charge is 0.479 e. The van der Waals surface area contributed by atoms with Crippen molar-refractivity contribution in [2.24, 2.45) is 0 Å². The highest BCUT2D eigenvalue weighted by molar-refractivity contribution is 9.10. The lowest BCUT2D eigenvalue weighted by molar-refractivity contribution is 0.0500. The van der Waals surface area contributed by atoms with Gasteiger partial charge in [-0.15, -0.1) is 10.2 Å². The van der Waals surface area contributed by atoms with E-state index in [0.717, 1.165) is 29.7 Å². The molecule has 0 spiro atoms. The van der Waals surface area contributed by atoms with Gasteiger partial charge in [-0.1, -0.05) is 0 Å². The number of hydrogen-bond donors (Lipinski definition) is 1. The number of piperidine rings is 1. The molecule has 2 rings (SSSR count). The van der Waals surface area contributed by atoms with Crippen LogP contribution < -0.4 is 15.0 Å². The van der Waals surface area contributed by atoms with Crippen LogP contribution in [-0.4, -0.2) is 48.1 Å². The number of methoxy groups -OCH3 is 1. The average molecular weight is 387 g/mol. The van der Waals surface area contributed by atoms with Crippen LogP contribution in [0.25, 0.3) is 0 Å². The molecule has 1 aliphatic rings. The SMILES string of the molecule is COc1nnc(N2CCCC(NC(=O)OC(C)(C)C)C2)cc1Br. The highest BCUT2D eigenvalue weighted by Crippen LogP contribution is 2.26. The predicted octanol–water partition coefficient (Wildman–Crippen LogP) is 2.74. The zero-order chi connectivity index (χ0) is 17.0. The lowest BCUT2D eigenvalue weighted by Crippen LogP contribution is -2.49. The van der Waals surface area contributed by atoms with Gasteiger partial charge in [-0.3, -0.25) is 0 Å². The Bertz CT molecular complexity index is 562. The summed E-state index contributed by atoms with van der Waals surface area (Å²) in [6, 6.07) is 1.91. The molecule has 2 heterocycles. The minimum Gasteiger partial charge on any atom is -0.479 e. The molecule has 0 saturated carbocycles. The number of rotatable bonds is 3. The number of halogens is 1.